The third-order valence-electron chi connectivity index (χ3n) is 4.45. The highest BCUT2D eigenvalue weighted by Crippen LogP contribution is 2.27. The van der Waals surface area contributed by atoms with Crippen molar-refractivity contribution < 1.29 is 4.74 Å². The second-order valence-electron chi connectivity index (χ2n) is 6.36. The molecule has 0 saturated carbocycles. The van der Waals surface area contributed by atoms with Crippen molar-refractivity contribution in [2.24, 2.45) is 5.92 Å². The molecule has 0 radical (unpaired) electrons. The Kier molecular flexibility index (Phi) is 11.3. The van der Waals surface area contributed by atoms with Gasteiger partial charge in [-0.2, -0.15) is 0 Å². The van der Waals surface area contributed by atoms with E-state index in [1.54, 1.807) is 0 Å². The van der Waals surface area contributed by atoms with Gasteiger partial charge in [0.1, 0.15) is 12.4 Å². The average molecular weight is 462 g/mol. The zero-order valence-electron chi connectivity index (χ0n) is 14.7. The molecule has 3 nitrogen and oxygen atoms in total. The molecule has 2 aromatic rings. The first-order valence-corrected chi connectivity index (χ1v) is 9.47. The average Bonchev–Trinajstić information content (AvgIpc) is 2.63. The molecule has 0 spiro atoms. The Morgan fingerprint density at radius 1 is 1.00 bits per heavy atom. The number of piperidine rings is 1. The minimum atomic E-state index is 0. The van der Waals surface area contributed by atoms with Crippen molar-refractivity contribution in [2.45, 2.75) is 26.0 Å². The summed E-state index contributed by atoms with van der Waals surface area (Å²) in [5.74, 6) is 1.70. The molecule has 1 fully saturated rings. The number of hydrogen-bond acceptors (Lipinski definition) is 3. The summed E-state index contributed by atoms with van der Waals surface area (Å²) in [4.78, 5) is 0. The van der Waals surface area contributed by atoms with Crippen LogP contribution in [-0.2, 0) is 13.2 Å². The minimum absolute atomic E-state index is 0. The Labute approximate surface area is 177 Å². The topological polar surface area (TPSA) is 33.3 Å². The van der Waals surface area contributed by atoms with Crippen LogP contribution in [0.25, 0.3) is 0 Å². The molecule has 26 heavy (non-hydrogen) atoms. The lowest BCUT2D eigenvalue weighted by atomic mass is 9.98. The van der Waals surface area contributed by atoms with Crippen LogP contribution in [-0.4, -0.2) is 19.6 Å². The van der Waals surface area contributed by atoms with Gasteiger partial charge in [-0.15, -0.1) is 24.8 Å². The molecule has 0 atom stereocenters. The van der Waals surface area contributed by atoms with E-state index in [2.05, 4.69) is 56.9 Å². The molecule has 2 N–H and O–H groups in total. The molecule has 6 heteroatoms. The largest absolute Gasteiger partial charge is 0.488 e. The highest BCUT2D eigenvalue weighted by atomic mass is 79.9. The number of benzene rings is 2. The van der Waals surface area contributed by atoms with Gasteiger partial charge in [0.05, 0.1) is 4.47 Å². The summed E-state index contributed by atoms with van der Waals surface area (Å²) in [5, 5.41) is 7.00. The lowest BCUT2D eigenvalue weighted by molar-refractivity contribution is 0.304. The van der Waals surface area contributed by atoms with Gasteiger partial charge in [0.25, 0.3) is 0 Å². The van der Waals surface area contributed by atoms with Crippen molar-refractivity contribution in [3.63, 3.8) is 0 Å². The van der Waals surface area contributed by atoms with E-state index in [0.29, 0.717) is 6.61 Å². The molecule has 0 bridgehead atoms. The molecule has 0 aromatic heterocycles. The smallest absolute Gasteiger partial charge is 0.134 e. The molecule has 0 unspecified atom stereocenters. The van der Waals surface area contributed by atoms with Gasteiger partial charge in [0, 0.05) is 6.54 Å². The van der Waals surface area contributed by atoms with Crippen molar-refractivity contribution in [3.05, 3.63) is 64.1 Å². The van der Waals surface area contributed by atoms with E-state index >= 15 is 0 Å². The van der Waals surface area contributed by atoms with Crippen LogP contribution in [0.3, 0.4) is 0 Å². The van der Waals surface area contributed by atoms with Gasteiger partial charge in [0.2, 0.25) is 0 Å². The van der Waals surface area contributed by atoms with Crippen LogP contribution in [0, 0.1) is 5.92 Å². The SMILES string of the molecule is Brc1cc(CNCC2CCNCC2)ccc1OCc1ccccc1.Cl.Cl. The van der Waals surface area contributed by atoms with Gasteiger partial charge < -0.3 is 15.4 Å². The maximum atomic E-state index is 5.90. The number of nitrogens with one attached hydrogen (secondary N) is 2. The Bertz CT molecular complexity index is 637. The van der Waals surface area contributed by atoms with Crippen LogP contribution < -0.4 is 15.4 Å². The molecule has 0 aliphatic carbocycles. The third-order valence-corrected chi connectivity index (χ3v) is 5.07. The molecule has 0 amide bonds. The van der Waals surface area contributed by atoms with E-state index in [1.165, 1.54) is 24.0 Å². The fourth-order valence-electron chi connectivity index (χ4n) is 3.01. The van der Waals surface area contributed by atoms with Gasteiger partial charge in [-0.25, -0.2) is 0 Å². The Morgan fingerprint density at radius 2 is 1.73 bits per heavy atom. The third kappa shape index (κ3) is 7.45. The Balaban J connectivity index is 0.00000169. The Hall–Kier alpha value is -0.780. The zero-order chi connectivity index (χ0) is 16.6. The first-order chi connectivity index (χ1) is 11.8. The van der Waals surface area contributed by atoms with E-state index in [0.717, 1.165) is 42.3 Å². The van der Waals surface area contributed by atoms with Crippen molar-refractivity contribution in [3.8, 4) is 5.75 Å². The standard InChI is InChI=1S/C20H25BrN2O.2ClH/c21-19-12-18(14-23-13-16-8-10-22-11-9-16)6-7-20(19)24-15-17-4-2-1-3-5-17;;/h1-7,12,16,22-23H,8-11,13-15H2;2*1H. The van der Waals surface area contributed by atoms with E-state index in [-0.39, 0.29) is 24.8 Å². The normalized spacial score (nSPS) is 14.2. The molecule has 3 rings (SSSR count). The molecule has 1 heterocycles. The number of ether oxygens (including phenoxy) is 1. The molecule has 1 aliphatic heterocycles. The number of hydrogen-bond donors (Lipinski definition) is 2. The summed E-state index contributed by atoms with van der Waals surface area (Å²) in [6, 6.07) is 16.6. The maximum Gasteiger partial charge on any atom is 0.134 e. The lowest BCUT2D eigenvalue weighted by Gasteiger charge is -2.22. The van der Waals surface area contributed by atoms with E-state index < -0.39 is 0 Å². The first-order valence-electron chi connectivity index (χ1n) is 8.68. The van der Waals surface area contributed by atoms with Crippen LogP contribution >= 0.6 is 40.7 Å². The predicted molar refractivity (Wildman–Crippen MR) is 117 cm³/mol. The maximum absolute atomic E-state index is 5.90. The fraction of sp³-hybridized carbons (Fsp3) is 0.400. The molecule has 2 aromatic carbocycles. The van der Waals surface area contributed by atoms with Gasteiger partial charge >= 0.3 is 0 Å². The highest BCUT2D eigenvalue weighted by Gasteiger charge is 2.12. The summed E-state index contributed by atoms with van der Waals surface area (Å²) < 4.78 is 6.92. The predicted octanol–water partition coefficient (Wildman–Crippen LogP) is 4.96. The van der Waals surface area contributed by atoms with E-state index in [1.807, 2.05) is 18.2 Å². The van der Waals surface area contributed by atoms with Crippen molar-refractivity contribution in [1.82, 2.24) is 10.6 Å². The number of rotatable bonds is 7. The van der Waals surface area contributed by atoms with Crippen molar-refractivity contribution >= 4 is 40.7 Å². The van der Waals surface area contributed by atoms with Gasteiger partial charge in [-0.1, -0.05) is 36.4 Å². The van der Waals surface area contributed by atoms with Crippen LogP contribution in [0.4, 0.5) is 0 Å². The molecule has 1 aliphatic rings. The van der Waals surface area contributed by atoms with Crippen LogP contribution in [0.2, 0.25) is 0 Å². The summed E-state index contributed by atoms with van der Waals surface area (Å²) in [5.41, 5.74) is 2.46. The monoisotopic (exact) mass is 460 g/mol. The Morgan fingerprint density at radius 3 is 2.42 bits per heavy atom. The van der Waals surface area contributed by atoms with Crippen LogP contribution in [0.5, 0.6) is 5.75 Å². The summed E-state index contributed by atoms with van der Waals surface area (Å²) in [7, 11) is 0. The van der Waals surface area contributed by atoms with Crippen LogP contribution in [0.15, 0.2) is 53.0 Å². The van der Waals surface area contributed by atoms with Gasteiger partial charge in [-0.05, 0) is 77.6 Å². The first kappa shape index (κ1) is 23.3. The summed E-state index contributed by atoms with van der Waals surface area (Å²) >= 11 is 3.63. The van der Waals surface area contributed by atoms with E-state index in [4.69, 9.17) is 4.74 Å². The molecule has 144 valence electrons. The minimum Gasteiger partial charge on any atom is -0.488 e. The van der Waals surface area contributed by atoms with Crippen molar-refractivity contribution in [1.29, 1.82) is 0 Å². The molecular weight excluding hydrogens is 435 g/mol. The lowest BCUT2D eigenvalue weighted by Crippen LogP contribution is -2.33. The molecular formula is C20H27BrCl2N2O. The van der Waals surface area contributed by atoms with Gasteiger partial charge in [0.15, 0.2) is 0 Å². The second kappa shape index (κ2) is 12.6. The molecule has 1 saturated heterocycles. The summed E-state index contributed by atoms with van der Waals surface area (Å²) in [6.45, 7) is 4.91. The van der Waals surface area contributed by atoms with Gasteiger partial charge in [-0.3, -0.25) is 0 Å². The number of halogens is 3. The van der Waals surface area contributed by atoms with Crippen molar-refractivity contribution in [2.75, 3.05) is 19.6 Å². The zero-order valence-corrected chi connectivity index (χ0v) is 18.0. The highest BCUT2D eigenvalue weighted by molar-refractivity contribution is 9.10. The quantitative estimate of drug-likeness (QED) is 0.611. The second-order valence-corrected chi connectivity index (χ2v) is 7.22. The fourth-order valence-corrected chi connectivity index (χ4v) is 3.55. The van der Waals surface area contributed by atoms with Crippen LogP contribution in [0.1, 0.15) is 24.0 Å². The van der Waals surface area contributed by atoms with E-state index in [9.17, 15) is 0 Å². The summed E-state index contributed by atoms with van der Waals surface area (Å²) in [6.07, 6.45) is 2.56.